The van der Waals surface area contributed by atoms with Crippen molar-refractivity contribution in [2.75, 3.05) is 11.9 Å². The number of hydrogen-bond donors (Lipinski definition) is 2. The Labute approximate surface area is 175 Å². The molecule has 0 atom stereocenters. The number of H-pyrrole nitrogens is 1. The fourth-order valence-electron chi connectivity index (χ4n) is 3.99. The van der Waals surface area contributed by atoms with Crippen LogP contribution in [0.15, 0.2) is 30.5 Å². The lowest BCUT2D eigenvalue weighted by Gasteiger charge is -2.11. The number of benzene rings is 1. The Hall–Kier alpha value is -3.35. The minimum atomic E-state index is -0.423. The topological polar surface area (TPSA) is 89.0 Å². The summed E-state index contributed by atoms with van der Waals surface area (Å²) in [6, 6.07) is 7.66. The zero-order chi connectivity index (χ0) is 21.3. The SMILES string of the molecule is CCOC(=O)c1c(C)[nH]c(C(=O)Nc2cccc(-c3cn4c(n3)CCCC4)c2)c1C. The summed E-state index contributed by atoms with van der Waals surface area (Å²) in [4.78, 5) is 32.8. The lowest BCUT2D eigenvalue weighted by molar-refractivity contribution is 0.0525. The first kappa shape index (κ1) is 19.9. The van der Waals surface area contributed by atoms with Crippen LogP contribution < -0.4 is 5.32 Å². The van der Waals surface area contributed by atoms with Gasteiger partial charge in [0, 0.05) is 36.1 Å². The Balaban J connectivity index is 1.56. The average molecular weight is 406 g/mol. The average Bonchev–Trinajstić information content (AvgIpc) is 3.29. The number of nitrogens with zero attached hydrogens (tertiary/aromatic N) is 2. The number of hydrogen-bond acceptors (Lipinski definition) is 4. The molecule has 0 fully saturated rings. The molecule has 7 nitrogen and oxygen atoms in total. The molecular formula is C23H26N4O3. The van der Waals surface area contributed by atoms with Gasteiger partial charge >= 0.3 is 5.97 Å². The summed E-state index contributed by atoms with van der Waals surface area (Å²) < 4.78 is 7.31. The van der Waals surface area contributed by atoms with Gasteiger partial charge in [-0.05, 0) is 51.3 Å². The van der Waals surface area contributed by atoms with Gasteiger partial charge in [-0.3, -0.25) is 4.79 Å². The van der Waals surface area contributed by atoms with Crippen molar-refractivity contribution in [3.8, 4) is 11.3 Å². The highest BCUT2D eigenvalue weighted by molar-refractivity contribution is 6.07. The van der Waals surface area contributed by atoms with Crippen LogP contribution in [0.3, 0.4) is 0 Å². The summed E-state index contributed by atoms with van der Waals surface area (Å²) in [5, 5.41) is 2.93. The molecule has 3 aromatic rings. The normalized spacial score (nSPS) is 13.0. The summed E-state index contributed by atoms with van der Waals surface area (Å²) in [5.74, 6) is 0.399. The number of rotatable bonds is 5. The smallest absolute Gasteiger partial charge is 0.340 e. The number of carbonyl (C=O) groups excluding carboxylic acids is 2. The van der Waals surface area contributed by atoms with E-state index in [1.165, 1.54) is 12.8 Å². The summed E-state index contributed by atoms with van der Waals surface area (Å²) in [7, 11) is 0. The van der Waals surface area contributed by atoms with Gasteiger partial charge in [0.2, 0.25) is 0 Å². The summed E-state index contributed by atoms with van der Waals surface area (Å²) >= 11 is 0. The second-order valence-electron chi connectivity index (χ2n) is 7.57. The lowest BCUT2D eigenvalue weighted by atomic mass is 10.1. The molecule has 0 saturated carbocycles. The van der Waals surface area contributed by atoms with Crippen molar-refractivity contribution in [1.82, 2.24) is 14.5 Å². The van der Waals surface area contributed by atoms with Crippen LogP contribution in [0.1, 0.15) is 57.7 Å². The molecule has 156 valence electrons. The highest BCUT2D eigenvalue weighted by Crippen LogP contribution is 2.26. The molecular weight excluding hydrogens is 380 g/mol. The first-order valence-electron chi connectivity index (χ1n) is 10.3. The third kappa shape index (κ3) is 3.75. The van der Waals surface area contributed by atoms with Crippen LogP contribution in [0.5, 0.6) is 0 Å². The third-order valence-corrected chi connectivity index (χ3v) is 5.47. The van der Waals surface area contributed by atoms with E-state index in [2.05, 4.69) is 21.1 Å². The van der Waals surface area contributed by atoms with E-state index < -0.39 is 5.97 Å². The summed E-state index contributed by atoms with van der Waals surface area (Å²) in [6.07, 6.45) is 5.45. The number of carbonyl (C=O) groups is 2. The van der Waals surface area contributed by atoms with Gasteiger partial charge in [0.1, 0.15) is 11.5 Å². The molecule has 0 spiro atoms. The standard InChI is InChI=1S/C23H26N4O3/c1-4-30-23(29)20-14(2)21(24-15(20)3)22(28)25-17-9-7-8-16(12-17)18-13-27-11-6-5-10-19(27)26-18/h7-9,12-13,24H,4-6,10-11H2,1-3H3,(H,25,28). The van der Waals surface area contributed by atoms with Crippen LogP contribution >= 0.6 is 0 Å². The van der Waals surface area contributed by atoms with Crippen molar-refractivity contribution in [3.05, 3.63) is 58.8 Å². The van der Waals surface area contributed by atoms with Crippen molar-refractivity contribution in [2.24, 2.45) is 0 Å². The van der Waals surface area contributed by atoms with Crippen LogP contribution in [-0.4, -0.2) is 33.0 Å². The number of imidazole rings is 1. The zero-order valence-corrected chi connectivity index (χ0v) is 17.5. The number of nitrogens with one attached hydrogen (secondary N) is 2. The van der Waals surface area contributed by atoms with Crippen LogP contribution in [0.4, 0.5) is 5.69 Å². The fraction of sp³-hybridized carbons (Fsp3) is 0.348. The highest BCUT2D eigenvalue weighted by Gasteiger charge is 2.23. The number of fused-ring (bicyclic) bond motifs is 1. The molecule has 1 aliphatic heterocycles. The Kier molecular flexibility index (Phi) is 5.44. The Morgan fingerprint density at radius 1 is 1.27 bits per heavy atom. The molecule has 4 rings (SSSR count). The maximum Gasteiger partial charge on any atom is 0.340 e. The van der Waals surface area contributed by atoms with E-state index >= 15 is 0 Å². The monoisotopic (exact) mass is 406 g/mol. The Bertz CT molecular complexity index is 1090. The maximum absolute atomic E-state index is 12.9. The molecule has 1 aromatic carbocycles. The number of ether oxygens (including phenoxy) is 1. The van der Waals surface area contributed by atoms with Gasteiger partial charge in [0.05, 0.1) is 17.9 Å². The number of amides is 1. The van der Waals surface area contributed by atoms with E-state index in [-0.39, 0.29) is 12.5 Å². The molecule has 0 aliphatic carbocycles. The molecule has 0 bridgehead atoms. The Morgan fingerprint density at radius 3 is 2.87 bits per heavy atom. The summed E-state index contributed by atoms with van der Waals surface area (Å²) in [5.41, 5.74) is 4.53. The van der Waals surface area contributed by atoms with Crippen LogP contribution in [0, 0.1) is 13.8 Å². The molecule has 0 saturated heterocycles. The van der Waals surface area contributed by atoms with E-state index in [4.69, 9.17) is 9.72 Å². The summed E-state index contributed by atoms with van der Waals surface area (Å²) in [6.45, 7) is 6.56. The number of anilines is 1. The van der Waals surface area contributed by atoms with E-state index in [1.807, 2.05) is 24.3 Å². The van der Waals surface area contributed by atoms with Crippen molar-refractivity contribution >= 4 is 17.6 Å². The quantitative estimate of drug-likeness (QED) is 0.620. The number of esters is 1. The van der Waals surface area contributed by atoms with E-state index in [0.29, 0.717) is 28.2 Å². The molecule has 0 unspecified atom stereocenters. The van der Waals surface area contributed by atoms with Crippen LogP contribution in [0.25, 0.3) is 11.3 Å². The Morgan fingerprint density at radius 2 is 2.10 bits per heavy atom. The van der Waals surface area contributed by atoms with Gasteiger partial charge < -0.3 is 19.6 Å². The van der Waals surface area contributed by atoms with Gasteiger partial charge in [-0.25, -0.2) is 9.78 Å². The zero-order valence-electron chi connectivity index (χ0n) is 17.5. The maximum atomic E-state index is 12.9. The van der Waals surface area contributed by atoms with Crippen molar-refractivity contribution < 1.29 is 14.3 Å². The van der Waals surface area contributed by atoms with Crippen LogP contribution in [-0.2, 0) is 17.7 Å². The molecule has 1 aliphatic rings. The number of aromatic nitrogens is 3. The van der Waals surface area contributed by atoms with Crippen LogP contribution in [0.2, 0.25) is 0 Å². The molecule has 2 aromatic heterocycles. The lowest BCUT2D eigenvalue weighted by Crippen LogP contribution is -2.14. The van der Waals surface area contributed by atoms with Gasteiger partial charge in [0.25, 0.3) is 5.91 Å². The van der Waals surface area contributed by atoms with Crippen molar-refractivity contribution in [3.63, 3.8) is 0 Å². The molecule has 3 heterocycles. The van der Waals surface area contributed by atoms with Gasteiger partial charge in [-0.15, -0.1) is 0 Å². The van der Waals surface area contributed by atoms with E-state index in [9.17, 15) is 9.59 Å². The van der Waals surface area contributed by atoms with E-state index in [0.717, 1.165) is 30.0 Å². The largest absolute Gasteiger partial charge is 0.462 e. The predicted octanol–water partition coefficient (Wildman–Crippen LogP) is 4.26. The minimum absolute atomic E-state index is 0.286. The molecule has 0 radical (unpaired) electrons. The molecule has 30 heavy (non-hydrogen) atoms. The van der Waals surface area contributed by atoms with Crippen molar-refractivity contribution in [2.45, 2.75) is 46.6 Å². The van der Waals surface area contributed by atoms with E-state index in [1.54, 1.807) is 20.8 Å². The fourth-order valence-corrected chi connectivity index (χ4v) is 3.99. The first-order chi connectivity index (χ1) is 14.5. The second-order valence-corrected chi connectivity index (χ2v) is 7.57. The molecule has 7 heteroatoms. The van der Waals surface area contributed by atoms with Gasteiger partial charge in [-0.1, -0.05) is 12.1 Å². The molecule has 1 amide bonds. The second kappa shape index (κ2) is 8.18. The highest BCUT2D eigenvalue weighted by atomic mass is 16.5. The third-order valence-electron chi connectivity index (χ3n) is 5.47. The number of aryl methyl sites for hydroxylation is 3. The molecule has 2 N–H and O–H groups in total. The minimum Gasteiger partial charge on any atom is -0.462 e. The van der Waals surface area contributed by atoms with Gasteiger partial charge in [0.15, 0.2) is 0 Å². The first-order valence-corrected chi connectivity index (χ1v) is 10.3. The van der Waals surface area contributed by atoms with Gasteiger partial charge in [-0.2, -0.15) is 0 Å². The predicted molar refractivity (Wildman–Crippen MR) is 115 cm³/mol. The van der Waals surface area contributed by atoms with Crippen molar-refractivity contribution in [1.29, 1.82) is 0 Å². The number of aromatic amines is 1.